The predicted molar refractivity (Wildman–Crippen MR) is 146 cm³/mol. The van der Waals surface area contributed by atoms with Crippen LogP contribution in [0.3, 0.4) is 0 Å². The van der Waals surface area contributed by atoms with Crippen LogP contribution in [0.2, 0.25) is 5.02 Å². The number of carbonyl (C=O) groups excluding carboxylic acids is 3. The lowest BCUT2D eigenvalue weighted by molar-refractivity contribution is -0.132. The minimum Gasteiger partial charge on any atom is -0.497 e. The molecule has 2 amide bonds. The molecule has 0 aromatic heterocycles. The fraction of sp³-hybridized carbons (Fsp3) is 0.133. The van der Waals surface area contributed by atoms with Gasteiger partial charge in [0.05, 0.1) is 30.1 Å². The molecule has 7 nitrogen and oxygen atoms in total. The number of carbonyl (C=O) groups is 3. The van der Waals surface area contributed by atoms with Crippen molar-refractivity contribution >= 4 is 51.4 Å². The average molecular weight is 524 g/mol. The van der Waals surface area contributed by atoms with Gasteiger partial charge < -0.3 is 4.74 Å². The number of rotatable bonds is 5. The summed E-state index contributed by atoms with van der Waals surface area (Å²) in [6.45, 7) is -0.319. The van der Waals surface area contributed by atoms with Gasteiger partial charge >= 0.3 is 0 Å². The molecule has 0 N–H and O–H groups in total. The first kappa shape index (κ1) is 23.9. The summed E-state index contributed by atoms with van der Waals surface area (Å²) in [4.78, 5) is 40.2. The number of hydrogen-bond acceptors (Lipinski definition) is 5. The zero-order valence-corrected chi connectivity index (χ0v) is 21.2. The summed E-state index contributed by atoms with van der Waals surface area (Å²) in [6, 6.07) is 25.9. The Bertz CT molecular complexity index is 1650. The van der Waals surface area contributed by atoms with E-state index in [1.165, 1.54) is 16.0 Å². The second-order valence-electron chi connectivity index (χ2n) is 9.22. The minimum absolute atomic E-state index is 0.198. The van der Waals surface area contributed by atoms with Crippen molar-refractivity contribution in [3.05, 3.63) is 107 Å². The van der Waals surface area contributed by atoms with Crippen LogP contribution in [-0.2, 0) is 9.59 Å². The highest BCUT2D eigenvalue weighted by Crippen LogP contribution is 2.36. The first-order valence-electron chi connectivity index (χ1n) is 12.1. The SMILES string of the molecule is COc1ccc(C2CC(c3ccc4ccccc4c3)=NN2C(=O)CN2C(=O)C(=O)c3cc(Cl)ccc32)cc1. The summed E-state index contributed by atoms with van der Waals surface area (Å²) in [5.41, 5.74) is 3.14. The van der Waals surface area contributed by atoms with Crippen molar-refractivity contribution in [2.45, 2.75) is 12.5 Å². The predicted octanol–water partition coefficient (Wildman–Crippen LogP) is 5.41. The van der Waals surface area contributed by atoms with Crippen molar-refractivity contribution in [2.24, 2.45) is 5.10 Å². The summed E-state index contributed by atoms with van der Waals surface area (Å²) in [5.74, 6) is -1.12. The van der Waals surface area contributed by atoms with Crippen LogP contribution in [0.15, 0.2) is 90.0 Å². The van der Waals surface area contributed by atoms with Crippen molar-refractivity contribution in [1.29, 1.82) is 0 Å². The van der Waals surface area contributed by atoms with Crippen LogP contribution >= 0.6 is 11.6 Å². The van der Waals surface area contributed by atoms with E-state index in [1.54, 1.807) is 19.2 Å². The summed E-state index contributed by atoms with van der Waals surface area (Å²) in [5, 5.41) is 8.72. The largest absolute Gasteiger partial charge is 0.497 e. The molecule has 4 aromatic rings. The van der Waals surface area contributed by atoms with Gasteiger partial charge in [-0.15, -0.1) is 0 Å². The van der Waals surface area contributed by atoms with E-state index in [2.05, 4.69) is 6.07 Å². The van der Waals surface area contributed by atoms with Crippen LogP contribution in [0.4, 0.5) is 5.69 Å². The molecule has 4 aromatic carbocycles. The van der Waals surface area contributed by atoms with E-state index in [9.17, 15) is 14.4 Å². The van der Waals surface area contributed by atoms with Crippen molar-refractivity contribution in [3.8, 4) is 5.75 Å². The third-order valence-corrected chi connectivity index (χ3v) is 7.21. The molecule has 0 aliphatic carbocycles. The molecule has 2 aliphatic rings. The number of ether oxygens (including phenoxy) is 1. The van der Waals surface area contributed by atoms with Gasteiger partial charge in [-0.05, 0) is 58.3 Å². The summed E-state index contributed by atoms with van der Waals surface area (Å²) >= 11 is 6.03. The van der Waals surface area contributed by atoms with Crippen LogP contribution in [0, 0.1) is 0 Å². The smallest absolute Gasteiger partial charge is 0.299 e. The topological polar surface area (TPSA) is 79.3 Å². The molecule has 2 heterocycles. The number of nitrogens with zero attached hydrogens (tertiary/aromatic N) is 3. The second kappa shape index (κ2) is 9.43. The standard InChI is InChI=1S/C30H22ClN3O4/c1-38-23-11-8-19(9-12-23)27-16-25(21-7-6-18-4-2-3-5-20(18)14-21)32-34(27)28(35)17-33-26-13-10-22(31)15-24(26)29(36)30(33)37/h2-15,27H,16-17H2,1H3. The quantitative estimate of drug-likeness (QED) is 0.328. The number of benzene rings is 4. The van der Waals surface area contributed by atoms with Gasteiger partial charge in [-0.2, -0.15) is 5.10 Å². The van der Waals surface area contributed by atoms with Crippen molar-refractivity contribution in [1.82, 2.24) is 5.01 Å². The highest BCUT2D eigenvalue weighted by molar-refractivity contribution is 6.53. The van der Waals surface area contributed by atoms with E-state index < -0.39 is 17.6 Å². The monoisotopic (exact) mass is 523 g/mol. The van der Waals surface area contributed by atoms with Gasteiger partial charge in [0, 0.05) is 11.4 Å². The lowest BCUT2D eigenvalue weighted by Crippen LogP contribution is -2.40. The summed E-state index contributed by atoms with van der Waals surface area (Å²) < 4.78 is 5.29. The Morgan fingerprint density at radius 1 is 0.974 bits per heavy atom. The molecule has 0 fully saturated rings. The zero-order chi connectivity index (χ0) is 26.4. The van der Waals surface area contributed by atoms with E-state index >= 15 is 0 Å². The maximum absolute atomic E-state index is 13.7. The van der Waals surface area contributed by atoms with Gasteiger partial charge in [-0.3, -0.25) is 19.3 Å². The van der Waals surface area contributed by atoms with E-state index in [-0.39, 0.29) is 18.2 Å². The molecule has 2 aliphatic heterocycles. The number of ketones is 1. The Morgan fingerprint density at radius 3 is 2.50 bits per heavy atom. The van der Waals surface area contributed by atoms with Crippen molar-refractivity contribution < 1.29 is 19.1 Å². The molecule has 0 radical (unpaired) electrons. The van der Waals surface area contributed by atoms with Crippen LogP contribution in [-0.4, -0.2) is 42.0 Å². The molecule has 0 saturated carbocycles. The minimum atomic E-state index is -0.755. The van der Waals surface area contributed by atoms with Crippen LogP contribution in [0.5, 0.6) is 5.75 Å². The van der Waals surface area contributed by atoms with Crippen LogP contribution < -0.4 is 9.64 Å². The van der Waals surface area contributed by atoms with Crippen LogP contribution in [0.1, 0.15) is 33.9 Å². The Labute approximate surface area is 223 Å². The van der Waals surface area contributed by atoms with Crippen LogP contribution in [0.25, 0.3) is 10.8 Å². The lowest BCUT2D eigenvalue weighted by atomic mass is 9.97. The number of fused-ring (bicyclic) bond motifs is 2. The van der Waals surface area contributed by atoms with Crippen molar-refractivity contribution in [3.63, 3.8) is 0 Å². The summed E-state index contributed by atoms with van der Waals surface area (Å²) in [7, 11) is 1.60. The Kier molecular flexibility index (Phi) is 5.93. The van der Waals surface area contributed by atoms with Gasteiger partial charge in [-0.25, -0.2) is 5.01 Å². The first-order valence-corrected chi connectivity index (χ1v) is 12.5. The Morgan fingerprint density at radius 2 is 1.74 bits per heavy atom. The zero-order valence-electron chi connectivity index (χ0n) is 20.4. The third-order valence-electron chi connectivity index (χ3n) is 6.98. The highest BCUT2D eigenvalue weighted by atomic mass is 35.5. The molecule has 38 heavy (non-hydrogen) atoms. The molecule has 6 rings (SSSR count). The van der Waals surface area contributed by atoms with Gasteiger partial charge in [-0.1, -0.05) is 60.1 Å². The molecule has 8 heteroatoms. The number of halogens is 1. The van der Waals surface area contributed by atoms with Gasteiger partial charge in [0.1, 0.15) is 12.3 Å². The van der Waals surface area contributed by atoms with E-state index in [0.29, 0.717) is 22.9 Å². The van der Waals surface area contributed by atoms with Gasteiger partial charge in [0.25, 0.3) is 17.6 Å². The lowest BCUT2D eigenvalue weighted by Gasteiger charge is -2.25. The van der Waals surface area contributed by atoms with E-state index in [4.69, 9.17) is 21.4 Å². The number of Topliss-reactive ketones (excluding diaryl/α,β-unsaturated/α-hetero) is 1. The van der Waals surface area contributed by atoms with E-state index in [1.807, 2.05) is 60.7 Å². The molecule has 188 valence electrons. The fourth-order valence-corrected chi connectivity index (χ4v) is 5.18. The van der Waals surface area contributed by atoms with E-state index in [0.717, 1.165) is 27.6 Å². The number of anilines is 1. The second-order valence-corrected chi connectivity index (χ2v) is 9.66. The molecule has 1 atom stereocenters. The fourth-order valence-electron chi connectivity index (χ4n) is 5.01. The number of hydrazone groups is 1. The Hall–Kier alpha value is -4.49. The van der Waals surface area contributed by atoms with Gasteiger partial charge in [0.15, 0.2) is 0 Å². The first-order chi connectivity index (χ1) is 18.4. The number of hydrogen-bond donors (Lipinski definition) is 0. The van der Waals surface area contributed by atoms with Crippen molar-refractivity contribution in [2.75, 3.05) is 18.6 Å². The maximum atomic E-state index is 13.7. The molecular weight excluding hydrogens is 502 g/mol. The maximum Gasteiger partial charge on any atom is 0.299 e. The molecule has 0 spiro atoms. The Balaban J connectivity index is 1.35. The summed E-state index contributed by atoms with van der Waals surface area (Å²) in [6.07, 6.45) is 0.496. The third kappa shape index (κ3) is 4.11. The normalized spacial score (nSPS) is 16.7. The molecular formula is C30H22ClN3O4. The number of methoxy groups -OCH3 is 1. The average Bonchev–Trinajstić information content (AvgIpc) is 3.49. The molecule has 1 unspecified atom stereocenters. The number of amides is 2. The molecule has 0 saturated heterocycles. The van der Waals surface area contributed by atoms with Gasteiger partial charge in [0.2, 0.25) is 0 Å². The molecule has 0 bridgehead atoms. The highest BCUT2D eigenvalue weighted by Gasteiger charge is 2.40.